The van der Waals surface area contributed by atoms with Gasteiger partial charge in [0, 0.05) is 12.0 Å². The lowest BCUT2D eigenvalue weighted by molar-refractivity contribution is -0.0931. The maximum absolute atomic E-state index is 12.2. The molecule has 0 spiro atoms. The minimum Gasteiger partial charge on any atom is -0.497 e. The summed E-state index contributed by atoms with van der Waals surface area (Å²) in [4.78, 5) is 25.8. The molecule has 0 radical (unpaired) electrons. The first-order valence-electron chi connectivity index (χ1n) is 16.1. The van der Waals surface area contributed by atoms with E-state index in [9.17, 15) is 9.90 Å². The molecule has 2 aromatic heterocycles. The van der Waals surface area contributed by atoms with Crippen LogP contribution in [-0.2, 0) is 19.8 Å². The maximum Gasteiger partial charge on any atom is 0.337 e. The number of aliphatic hydroxyl groups is 1. The van der Waals surface area contributed by atoms with Gasteiger partial charge in [-0.3, -0.25) is 4.57 Å². The van der Waals surface area contributed by atoms with Gasteiger partial charge in [-0.05, 0) is 53.1 Å². The van der Waals surface area contributed by atoms with Crippen molar-refractivity contribution < 1.29 is 33.6 Å². The second-order valence-electron chi connectivity index (χ2n) is 11.9. The van der Waals surface area contributed by atoms with Gasteiger partial charge in [-0.2, -0.15) is 0 Å². The van der Waals surface area contributed by atoms with Crippen molar-refractivity contribution in [1.29, 1.82) is 0 Å². The van der Waals surface area contributed by atoms with Crippen LogP contribution in [0.1, 0.15) is 39.7 Å². The minimum absolute atomic E-state index is 0.0673. The van der Waals surface area contributed by atoms with Gasteiger partial charge in [0.25, 0.3) is 0 Å². The van der Waals surface area contributed by atoms with Crippen molar-refractivity contribution in [3.63, 3.8) is 0 Å². The molecular weight excluding hydrogens is 636 g/mol. The van der Waals surface area contributed by atoms with Crippen LogP contribution in [0.15, 0.2) is 116 Å². The highest BCUT2D eigenvalue weighted by Gasteiger charge is 2.42. The lowest BCUT2D eigenvalue weighted by Gasteiger charge is -2.37. The molecule has 6 aromatic rings. The maximum atomic E-state index is 12.2. The van der Waals surface area contributed by atoms with Gasteiger partial charge in [0.15, 0.2) is 5.65 Å². The van der Waals surface area contributed by atoms with E-state index in [4.69, 9.17) is 23.7 Å². The molecule has 7 rings (SSSR count). The molecule has 1 N–H and O–H groups in total. The number of carbonyl (C=O) groups is 1. The highest BCUT2D eigenvalue weighted by molar-refractivity contribution is 5.93. The monoisotopic (exact) mass is 672 g/mol. The Labute approximate surface area is 289 Å². The lowest BCUT2D eigenvalue weighted by atomic mass is 9.80. The van der Waals surface area contributed by atoms with Crippen LogP contribution in [0.5, 0.6) is 11.5 Å². The van der Waals surface area contributed by atoms with Crippen LogP contribution < -0.4 is 9.47 Å². The number of fused-ring (bicyclic) bond motifs is 1. The van der Waals surface area contributed by atoms with Gasteiger partial charge in [0.1, 0.15) is 47.0 Å². The van der Waals surface area contributed by atoms with E-state index in [1.807, 2.05) is 84.9 Å². The van der Waals surface area contributed by atoms with Crippen LogP contribution in [0.3, 0.4) is 0 Å². The van der Waals surface area contributed by atoms with Gasteiger partial charge in [-0.25, -0.2) is 19.7 Å². The standard InChI is InChI=1S/C39H36N4O7/c1-46-30-16-12-28(13-17-30)39(27-10-5-4-6-11-27,29-14-18-31(47-2)19-15-29)49-22-33-32(44)21-34(50-33)43-24-42-36-35(40-23-41-37(36)43)25-8-7-9-26(20-25)38(45)48-3/h4-20,23-24,32-34,44H,21-22H2,1-3H3/t32-,33+,34+/m0/s1. The van der Waals surface area contributed by atoms with Crippen molar-refractivity contribution in [2.45, 2.75) is 30.5 Å². The minimum atomic E-state index is -1.07. The summed E-state index contributed by atoms with van der Waals surface area (Å²) in [5.41, 5.74) is 4.31. The van der Waals surface area contributed by atoms with Gasteiger partial charge in [-0.1, -0.05) is 66.7 Å². The summed E-state index contributed by atoms with van der Waals surface area (Å²) >= 11 is 0. The molecule has 11 heteroatoms. The second kappa shape index (κ2) is 14.1. The van der Waals surface area contributed by atoms with Crippen LogP contribution >= 0.6 is 0 Å². The Hall–Kier alpha value is -5.62. The van der Waals surface area contributed by atoms with E-state index in [1.54, 1.807) is 43.3 Å². The number of aliphatic hydroxyl groups excluding tert-OH is 1. The van der Waals surface area contributed by atoms with Gasteiger partial charge in [0.2, 0.25) is 0 Å². The SMILES string of the molecule is COC(=O)c1cccc(-c2ncnc3c2ncn3[C@H]2C[C@H](O)[C@@H](COC(c3ccccc3)(c3ccc(OC)cc3)c3ccc(OC)cc3)O2)c1. The van der Waals surface area contributed by atoms with Gasteiger partial charge in [-0.15, -0.1) is 0 Å². The number of aromatic nitrogens is 4. The van der Waals surface area contributed by atoms with Crippen molar-refractivity contribution >= 4 is 17.1 Å². The molecule has 1 fully saturated rings. The van der Waals surface area contributed by atoms with E-state index in [-0.39, 0.29) is 6.61 Å². The van der Waals surface area contributed by atoms with E-state index >= 15 is 0 Å². The zero-order chi connectivity index (χ0) is 34.7. The first-order valence-corrected chi connectivity index (χ1v) is 16.1. The number of nitrogens with zero attached hydrogens (tertiary/aromatic N) is 4. The Morgan fingerprint density at radius 2 is 1.50 bits per heavy atom. The van der Waals surface area contributed by atoms with E-state index in [1.165, 1.54) is 13.4 Å². The Bertz CT molecular complexity index is 2040. The molecule has 1 aliphatic rings. The first kappa shape index (κ1) is 32.9. The van der Waals surface area contributed by atoms with Crippen LogP contribution in [0.4, 0.5) is 0 Å². The Balaban J connectivity index is 1.20. The molecule has 3 atom stereocenters. The van der Waals surface area contributed by atoms with E-state index < -0.39 is 30.0 Å². The summed E-state index contributed by atoms with van der Waals surface area (Å²) < 4.78 is 31.1. The van der Waals surface area contributed by atoms with Crippen molar-refractivity contribution in [3.05, 3.63) is 138 Å². The van der Waals surface area contributed by atoms with E-state index in [0.717, 1.165) is 28.2 Å². The zero-order valence-corrected chi connectivity index (χ0v) is 27.8. The number of imidazole rings is 1. The quantitative estimate of drug-likeness (QED) is 0.130. The van der Waals surface area contributed by atoms with Crippen molar-refractivity contribution in [1.82, 2.24) is 19.5 Å². The third kappa shape index (κ3) is 6.07. The van der Waals surface area contributed by atoms with Crippen LogP contribution in [0, 0.1) is 0 Å². The summed E-state index contributed by atoms with van der Waals surface area (Å²) in [6, 6.07) is 32.5. The summed E-state index contributed by atoms with van der Waals surface area (Å²) in [7, 11) is 4.61. The molecular formula is C39H36N4O7. The molecule has 0 amide bonds. The number of benzene rings is 4. The summed E-state index contributed by atoms with van der Waals surface area (Å²) in [5, 5.41) is 11.4. The van der Waals surface area contributed by atoms with Crippen molar-refractivity contribution in [2.75, 3.05) is 27.9 Å². The fourth-order valence-corrected chi connectivity index (χ4v) is 6.50. The normalized spacial score (nSPS) is 17.5. The third-order valence-electron chi connectivity index (χ3n) is 9.07. The molecule has 11 nitrogen and oxygen atoms in total. The number of hydrogen-bond acceptors (Lipinski definition) is 10. The average Bonchev–Trinajstić information content (AvgIpc) is 3.78. The third-order valence-corrected chi connectivity index (χ3v) is 9.07. The first-order chi connectivity index (χ1) is 24.4. The molecule has 0 saturated carbocycles. The number of esters is 1. The largest absolute Gasteiger partial charge is 0.497 e. The fraction of sp³-hybridized carbons (Fsp3) is 0.231. The summed E-state index contributed by atoms with van der Waals surface area (Å²) in [5.74, 6) is 0.997. The van der Waals surface area contributed by atoms with Crippen molar-refractivity contribution in [2.24, 2.45) is 0 Å². The van der Waals surface area contributed by atoms with E-state index in [2.05, 4.69) is 15.0 Å². The fourth-order valence-electron chi connectivity index (χ4n) is 6.50. The molecule has 254 valence electrons. The number of ether oxygens (including phenoxy) is 5. The van der Waals surface area contributed by atoms with Gasteiger partial charge < -0.3 is 28.8 Å². The summed E-state index contributed by atoms with van der Waals surface area (Å²) in [6.45, 7) is 0.0673. The molecule has 0 aliphatic carbocycles. The Morgan fingerprint density at radius 1 is 0.840 bits per heavy atom. The lowest BCUT2D eigenvalue weighted by Crippen LogP contribution is -2.38. The summed E-state index contributed by atoms with van der Waals surface area (Å²) in [6.07, 6.45) is 1.30. The molecule has 3 heterocycles. The number of carbonyl (C=O) groups excluding carboxylic acids is 1. The Kier molecular flexibility index (Phi) is 9.27. The molecule has 1 aliphatic heterocycles. The molecule has 1 saturated heterocycles. The van der Waals surface area contributed by atoms with Crippen LogP contribution in [-0.4, -0.2) is 70.7 Å². The predicted molar refractivity (Wildman–Crippen MR) is 185 cm³/mol. The highest BCUT2D eigenvalue weighted by Crippen LogP contribution is 2.43. The van der Waals surface area contributed by atoms with Crippen LogP contribution in [0.2, 0.25) is 0 Å². The number of methoxy groups -OCH3 is 3. The zero-order valence-electron chi connectivity index (χ0n) is 27.8. The second-order valence-corrected chi connectivity index (χ2v) is 11.9. The van der Waals surface area contributed by atoms with Crippen molar-refractivity contribution in [3.8, 4) is 22.8 Å². The average molecular weight is 673 g/mol. The molecule has 4 aromatic carbocycles. The predicted octanol–water partition coefficient (Wildman–Crippen LogP) is 5.95. The molecule has 50 heavy (non-hydrogen) atoms. The number of hydrogen-bond donors (Lipinski definition) is 1. The molecule has 0 bridgehead atoms. The van der Waals surface area contributed by atoms with Gasteiger partial charge in [0.05, 0.1) is 45.9 Å². The number of rotatable bonds is 11. The van der Waals surface area contributed by atoms with E-state index in [0.29, 0.717) is 34.4 Å². The smallest absolute Gasteiger partial charge is 0.337 e. The Morgan fingerprint density at radius 3 is 2.14 bits per heavy atom. The molecule has 0 unspecified atom stereocenters. The topological polar surface area (TPSA) is 127 Å². The van der Waals surface area contributed by atoms with Gasteiger partial charge >= 0.3 is 5.97 Å². The highest BCUT2D eigenvalue weighted by atomic mass is 16.6. The van der Waals surface area contributed by atoms with Crippen LogP contribution in [0.25, 0.3) is 22.4 Å².